The summed E-state index contributed by atoms with van der Waals surface area (Å²) < 4.78 is 7.87. The molecule has 0 radical (unpaired) electrons. The summed E-state index contributed by atoms with van der Waals surface area (Å²) in [5.41, 5.74) is 4.15. The Morgan fingerprint density at radius 3 is 2.83 bits per heavy atom. The van der Waals surface area contributed by atoms with Crippen molar-refractivity contribution in [2.75, 3.05) is 20.2 Å². The smallest absolute Gasteiger partial charge is 0.151 e. The summed E-state index contributed by atoms with van der Waals surface area (Å²) in [6.45, 7) is 5.32. The first-order valence-electron chi connectivity index (χ1n) is 10.3. The van der Waals surface area contributed by atoms with Gasteiger partial charge in [0, 0.05) is 18.0 Å². The molecule has 5 rings (SSSR count). The van der Waals surface area contributed by atoms with E-state index < -0.39 is 0 Å². The van der Waals surface area contributed by atoms with Crippen LogP contribution in [0.2, 0.25) is 0 Å². The van der Waals surface area contributed by atoms with Gasteiger partial charge in [0.2, 0.25) is 0 Å². The summed E-state index contributed by atoms with van der Waals surface area (Å²) in [7, 11) is 1.70. The van der Waals surface area contributed by atoms with Crippen LogP contribution in [-0.4, -0.2) is 34.7 Å². The van der Waals surface area contributed by atoms with Gasteiger partial charge in [0.25, 0.3) is 0 Å². The van der Waals surface area contributed by atoms with Gasteiger partial charge in [-0.1, -0.05) is 6.07 Å². The predicted molar refractivity (Wildman–Crippen MR) is 120 cm³/mol. The summed E-state index contributed by atoms with van der Waals surface area (Å²) in [5.74, 6) is 2.68. The van der Waals surface area contributed by atoms with E-state index in [9.17, 15) is 0 Å². The number of hydrogen-bond acceptors (Lipinski definition) is 5. The molecule has 29 heavy (non-hydrogen) atoms. The topological polar surface area (TPSA) is 52.0 Å². The van der Waals surface area contributed by atoms with Gasteiger partial charge >= 0.3 is 0 Å². The molecule has 0 aliphatic carbocycles. The molecule has 0 amide bonds. The van der Waals surface area contributed by atoms with E-state index in [-0.39, 0.29) is 0 Å². The zero-order chi connectivity index (χ0) is 19.8. The highest BCUT2D eigenvalue weighted by Crippen LogP contribution is 2.35. The molecule has 1 aliphatic heterocycles. The zero-order valence-corrected chi connectivity index (χ0v) is 17.8. The summed E-state index contributed by atoms with van der Waals surface area (Å²) in [6, 6.07) is 10.4. The van der Waals surface area contributed by atoms with Gasteiger partial charge in [0.1, 0.15) is 11.3 Å². The molecule has 0 atom stereocenters. The molecule has 4 heterocycles. The highest BCUT2D eigenvalue weighted by Gasteiger charge is 2.20. The summed E-state index contributed by atoms with van der Waals surface area (Å²) in [6.07, 6.45) is 3.71. The minimum atomic E-state index is 0.777. The molecule has 6 heteroatoms. The molecule has 150 valence electrons. The van der Waals surface area contributed by atoms with Crippen molar-refractivity contribution in [1.29, 1.82) is 0 Å². The fraction of sp³-hybridized carbons (Fsp3) is 0.391. The summed E-state index contributed by atoms with van der Waals surface area (Å²) >= 11 is 1.75. The van der Waals surface area contributed by atoms with Crippen LogP contribution in [0.3, 0.4) is 0 Å². The number of piperidine rings is 1. The van der Waals surface area contributed by atoms with Gasteiger partial charge in [-0.3, -0.25) is 4.98 Å². The molecule has 1 saturated heterocycles. The lowest BCUT2D eigenvalue weighted by Gasteiger charge is -2.23. The van der Waals surface area contributed by atoms with Gasteiger partial charge in [-0.2, -0.15) is 0 Å². The molecule has 1 fully saturated rings. The van der Waals surface area contributed by atoms with Crippen LogP contribution in [0.15, 0.2) is 35.7 Å². The van der Waals surface area contributed by atoms with Crippen molar-refractivity contribution in [3.8, 4) is 16.5 Å². The Balaban J connectivity index is 1.68. The molecular weight excluding hydrogens is 380 g/mol. The van der Waals surface area contributed by atoms with Crippen molar-refractivity contribution in [2.45, 2.75) is 32.7 Å². The predicted octanol–water partition coefficient (Wildman–Crippen LogP) is 5.02. The molecule has 1 aromatic carbocycles. The van der Waals surface area contributed by atoms with Gasteiger partial charge in [0.05, 0.1) is 28.7 Å². The number of aryl methyl sites for hydroxylation is 2. The van der Waals surface area contributed by atoms with Crippen LogP contribution < -0.4 is 10.1 Å². The number of nitrogens with one attached hydrogen (secondary N) is 1. The van der Waals surface area contributed by atoms with Crippen LogP contribution in [0, 0.1) is 12.8 Å². The second kappa shape index (κ2) is 7.76. The van der Waals surface area contributed by atoms with Crippen LogP contribution in [0.1, 0.15) is 25.0 Å². The van der Waals surface area contributed by atoms with Crippen molar-refractivity contribution in [1.82, 2.24) is 19.9 Å². The molecule has 0 bridgehead atoms. The fourth-order valence-corrected chi connectivity index (χ4v) is 5.16. The lowest BCUT2D eigenvalue weighted by atomic mass is 9.94. The number of ether oxygens (including phenoxy) is 1. The van der Waals surface area contributed by atoms with E-state index in [0.717, 1.165) is 59.2 Å². The molecule has 1 aliphatic rings. The lowest BCUT2D eigenvalue weighted by Crippen LogP contribution is -2.28. The number of aromatic nitrogens is 3. The Labute approximate surface area is 174 Å². The quantitative estimate of drug-likeness (QED) is 0.506. The number of benzene rings is 1. The van der Waals surface area contributed by atoms with Gasteiger partial charge in [-0.05, 0) is 68.8 Å². The number of nitrogens with zero attached hydrogens (tertiary/aromatic N) is 3. The second-order valence-electron chi connectivity index (χ2n) is 7.82. The van der Waals surface area contributed by atoms with Crippen molar-refractivity contribution in [3.05, 3.63) is 41.4 Å². The third-order valence-corrected chi connectivity index (χ3v) is 6.89. The highest BCUT2D eigenvalue weighted by atomic mass is 32.1. The van der Waals surface area contributed by atoms with Crippen LogP contribution in [-0.2, 0) is 6.54 Å². The fourth-order valence-electron chi connectivity index (χ4n) is 4.44. The maximum absolute atomic E-state index is 5.43. The first-order chi connectivity index (χ1) is 14.2. The van der Waals surface area contributed by atoms with Crippen molar-refractivity contribution < 1.29 is 4.74 Å². The minimum Gasteiger partial charge on any atom is -0.497 e. The first kappa shape index (κ1) is 18.6. The van der Waals surface area contributed by atoms with Crippen LogP contribution in [0.25, 0.3) is 32.6 Å². The number of rotatable bonds is 5. The SMILES string of the molecule is COc1ccc2c(c1)nc(C)c1nc(-c3cccs3)n(CCC3CCNCC3)c12. The van der Waals surface area contributed by atoms with Gasteiger partial charge in [-0.25, -0.2) is 4.98 Å². The number of fused-ring (bicyclic) bond motifs is 3. The zero-order valence-electron chi connectivity index (χ0n) is 16.9. The molecule has 0 unspecified atom stereocenters. The maximum Gasteiger partial charge on any atom is 0.151 e. The first-order valence-corrected chi connectivity index (χ1v) is 11.2. The summed E-state index contributed by atoms with van der Waals surface area (Å²) in [4.78, 5) is 11.1. The number of imidazole rings is 1. The van der Waals surface area contributed by atoms with Crippen LogP contribution in [0.4, 0.5) is 0 Å². The molecule has 0 spiro atoms. The number of pyridine rings is 1. The molecule has 4 aromatic rings. The van der Waals surface area contributed by atoms with Crippen molar-refractivity contribution >= 4 is 33.3 Å². The Morgan fingerprint density at radius 1 is 1.21 bits per heavy atom. The Morgan fingerprint density at radius 2 is 2.07 bits per heavy atom. The van der Waals surface area contributed by atoms with Crippen LogP contribution >= 0.6 is 11.3 Å². The number of methoxy groups -OCH3 is 1. The molecule has 0 saturated carbocycles. The van der Waals surface area contributed by atoms with Gasteiger partial charge in [-0.15, -0.1) is 11.3 Å². The van der Waals surface area contributed by atoms with E-state index in [1.165, 1.54) is 29.7 Å². The summed E-state index contributed by atoms with van der Waals surface area (Å²) in [5, 5.41) is 6.75. The Hall–Kier alpha value is -2.44. The maximum atomic E-state index is 5.43. The van der Waals surface area contributed by atoms with E-state index in [1.807, 2.05) is 12.1 Å². The third-order valence-electron chi connectivity index (χ3n) is 6.02. The van der Waals surface area contributed by atoms with E-state index in [4.69, 9.17) is 14.7 Å². The molecular formula is C23H26N4OS. The van der Waals surface area contributed by atoms with E-state index in [1.54, 1.807) is 18.4 Å². The second-order valence-corrected chi connectivity index (χ2v) is 8.77. The van der Waals surface area contributed by atoms with Gasteiger partial charge < -0.3 is 14.6 Å². The minimum absolute atomic E-state index is 0.777. The van der Waals surface area contributed by atoms with E-state index in [2.05, 4.69) is 40.4 Å². The standard InChI is InChI=1S/C23H26N4OS/c1-15-21-22(18-6-5-17(28-2)14-19(18)25-15)27(12-9-16-7-10-24-11-8-16)23(26-21)20-4-3-13-29-20/h3-6,13-14,16,24H,7-12H2,1-2H3. The average molecular weight is 407 g/mol. The lowest BCUT2D eigenvalue weighted by molar-refractivity contribution is 0.340. The normalized spacial score (nSPS) is 15.4. The average Bonchev–Trinajstić information content (AvgIpc) is 3.41. The van der Waals surface area contributed by atoms with E-state index >= 15 is 0 Å². The van der Waals surface area contributed by atoms with Crippen LogP contribution in [0.5, 0.6) is 5.75 Å². The Kier molecular flexibility index (Phi) is 4.97. The number of hydrogen-bond donors (Lipinski definition) is 1. The third kappa shape index (κ3) is 3.40. The molecule has 3 aromatic heterocycles. The largest absolute Gasteiger partial charge is 0.497 e. The van der Waals surface area contributed by atoms with Crippen molar-refractivity contribution in [3.63, 3.8) is 0 Å². The van der Waals surface area contributed by atoms with E-state index in [0.29, 0.717) is 0 Å². The number of thiophene rings is 1. The molecule has 5 nitrogen and oxygen atoms in total. The van der Waals surface area contributed by atoms with Gasteiger partial charge in [0.15, 0.2) is 5.82 Å². The van der Waals surface area contributed by atoms with Crippen molar-refractivity contribution in [2.24, 2.45) is 5.92 Å². The molecule has 1 N–H and O–H groups in total. The Bertz CT molecular complexity index is 1140. The monoisotopic (exact) mass is 406 g/mol. The highest BCUT2D eigenvalue weighted by molar-refractivity contribution is 7.13.